The molecule has 0 heterocycles. The highest BCUT2D eigenvalue weighted by Crippen LogP contribution is 2.33. The third-order valence-corrected chi connectivity index (χ3v) is 4.06. The molecule has 0 aromatic heterocycles. The summed E-state index contributed by atoms with van der Waals surface area (Å²) in [6.45, 7) is 0. The summed E-state index contributed by atoms with van der Waals surface area (Å²) in [4.78, 5) is 0. The minimum atomic E-state index is 0.813. The monoisotopic (exact) mass is 262 g/mol. The second-order valence-electron chi connectivity index (χ2n) is 4.78. The second-order valence-corrected chi connectivity index (χ2v) is 5.19. The van der Waals surface area contributed by atoms with Gasteiger partial charge in [-0.05, 0) is 33.0 Å². The molecule has 4 aromatic carbocycles. The van der Waals surface area contributed by atoms with Gasteiger partial charge in [-0.1, -0.05) is 72.3 Å². The van der Waals surface area contributed by atoms with E-state index in [9.17, 15) is 0 Å². The normalized spacial score (nSPS) is 11.4. The van der Waals surface area contributed by atoms with Crippen LogP contribution in [0, 0.1) is 0 Å². The summed E-state index contributed by atoms with van der Waals surface area (Å²) in [6, 6.07) is 23.2. The lowest BCUT2D eigenvalue weighted by atomic mass is 9.97. The molecule has 0 unspecified atom stereocenters. The van der Waals surface area contributed by atoms with Crippen LogP contribution in [0.4, 0.5) is 0 Å². The standard InChI is InChI=1S/C18H11Cl/c19-18-7-3-6-14-16-9-8-12-4-1-2-5-13(12)15(16)10-11-17(14)18/h1-11H. The number of halogens is 1. The molecule has 0 amide bonds. The van der Waals surface area contributed by atoms with E-state index < -0.39 is 0 Å². The molecule has 0 aliphatic carbocycles. The largest absolute Gasteiger partial charge is 0.0837 e. The first kappa shape index (κ1) is 10.8. The van der Waals surface area contributed by atoms with E-state index in [1.807, 2.05) is 12.1 Å². The van der Waals surface area contributed by atoms with E-state index in [-0.39, 0.29) is 0 Å². The molecule has 0 saturated carbocycles. The predicted octanol–water partition coefficient (Wildman–Crippen LogP) is 5.80. The minimum Gasteiger partial charge on any atom is -0.0837 e. The van der Waals surface area contributed by atoms with Crippen LogP contribution in [-0.4, -0.2) is 0 Å². The first-order valence-electron chi connectivity index (χ1n) is 6.33. The summed E-state index contributed by atoms with van der Waals surface area (Å²) in [5.41, 5.74) is 0. The maximum atomic E-state index is 6.28. The Hall–Kier alpha value is -2.05. The van der Waals surface area contributed by atoms with Gasteiger partial charge in [0.2, 0.25) is 0 Å². The van der Waals surface area contributed by atoms with Crippen LogP contribution in [0.15, 0.2) is 66.7 Å². The molecule has 0 saturated heterocycles. The molecular formula is C18H11Cl. The maximum absolute atomic E-state index is 6.28. The van der Waals surface area contributed by atoms with E-state index in [2.05, 4.69) is 54.6 Å². The van der Waals surface area contributed by atoms with Crippen molar-refractivity contribution in [3.05, 3.63) is 71.8 Å². The van der Waals surface area contributed by atoms with Crippen molar-refractivity contribution < 1.29 is 0 Å². The minimum absolute atomic E-state index is 0.813. The van der Waals surface area contributed by atoms with Crippen LogP contribution in [0.2, 0.25) is 5.02 Å². The van der Waals surface area contributed by atoms with Gasteiger partial charge in [0.25, 0.3) is 0 Å². The summed E-state index contributed by atoms with van der Waals surface area (Å²) in [5, 5.41) is 8.26. The van der Waals surface area contributed by atoms with Gasteiger partial charge in [-0.2, -0.15) is 0 Å². The Kier molecular flexibility index (Phi) is 2.27. The SMILES string of the molecule is Clc1cccc2c1ccc1c3ccccc3ccc21. The van der Waals surface area contributed by atoms with Gasteiger partial charge in [-0.3, -0.25) is 0 Å². The average molecular weight is 263 g/mol. The molecule has 0 aliphatic heterocycles. The summed E-state index contributed by atoms with van der Waals surface area (Å²) < 4.78 is 0. The van der Waals surface area contributed by atoms with Gasteiger partial charge < -0.3 is 0 Å². The van der Waals surface area contributed by atoms with Crippen LogP contribution in [0.25, 0.3) is 32.3 Å². The van der Waals surface area contributed by atoms with E-state index in [1.54, 1.807) is 0 Å². The lowest BCUT2D eigenvalue weighted by molar-refractivity contribution is 1.77. The van der Waals surface area contributed by atoms with Crippen molar-refractivity contribution in [1.29, 1.82) is 0 Å². The van der Waals surface area contributed by atoms with Gasteiger partial charge in [0.1, 0.15) is 0 Å². The van der Waals surface area contributed by atoms with Crippen molar-refractivity contribution in [2.45, 2.75) is 0 Å². The molecule has 4 aromatic rings. The zero-order valence-electron chi connectivity index (χ0n) is 10.2. The first-order valence-corrected chi connectivity index (χ1v) is 6.71. The van der Waals surface area contributed by atoms with Gasteiger partial charge in [0.05, 0.1) is 0 Å². The number of fused-ring (bicyclic) bond motifs is 5. The van der Waals surface area contributed by atoms with Crippen LogP contribution in [-0.2, 0) is 0 Å². The zero-order chi connectivity index (χ0) is 12.8. The highest BCUT2D eigenvalue weighted by atomic mass is 35.5. The predicted molar refractivity (Wildman–Crippen MR) is 84.0 cm³/mol. The van der Waals surface area contributed by atoms with Crippen LogP contribution in [0.5, 0.6) is 0 Å². The van der Waals surface area contributed by atoms with Crippen LogP contribution in [0.1, 0.15) is 0 Å². The summed E-state index contributed by atoms with van der Waals surface area (Å²) in [6.07, 6.45) is 0. The third kappa shape index (κ3) is 1.54. The molecule has 19 heavy (non-hydrogen) atoms. The molecule has 0 N–H and O–H groups in total. The molecule has 0 fully saturated rings. The van der Waals surface area contributed by atoms with Gasteiger partial charge in [-0.15, -0.1) is 0 Å². The van der Waals surface area contributed by atoms with Crippen molar-refractivity contribution in [3.63, 3.8) is 0 Å². The lowest BCUT2D eigenvalue weighted by Crippen LogP contribution is -1.81. The molecule has 4 rings (SSSR count). The van der Waals surface area contributed by atoms with E-state index in [1.165, 1.54) is 26.9 Å². The molecule has 0 radical (unpaired) electrons. The second kappa shape index (κ2) is 3.97. The molecule has 0 aliphatic rings. The van der Waals surface area contributed by atoms with Gasteiger partial charge in [0, 0.05) is 10.4 Å². The van der Waals surface area contributed by atoms with Gasteiger partial charge in [-0.25, -0.2) is 0 Å². The van der Waals surface area contributed by atoms with Crippen molar-refractivity contribution in [2.24, 2.45) is 0 Å². The van der Waals surface area contributed by atoms with E-state index in [0.717, 1.165) is 10.4 Å². The Labute approximate surface area is 116 Å². The maximum Gasteiger partial charge on any atom is 0.0484 e. The molecule has 0 atom stereocenters. The fourth-order valence-corrected chi connectivity index (χ4v) is 3.06. The number of hydrogen-bond acceptors (Lipinski definition) is 0. The molecular weight excluding hydrogens is 252 g/mol. The summed E-state index contributed by atoms with van der Waals surface area (Å²) in [5.74, 6) is 0. The Balaban J connectivity index is 2.29. The van der Waals surface area contributed by atoms with E-state index in [4.69, 9.17) is 11.6 Å². The quantitative estimate of drug-likeness (QED) is 0.351. The lowest BCUT2D eigenvalue weighted by Gasteiger charge is -2.08. The highest BCUT2D eigenvalue weighted by Gasteiger charge is 2.05. The van der Waals surface area contributed by atoms with Gasteiger partial charge in [0.15, 0.2) is 0 Å². The van der Waals surface area contributed by atoms with Crippen LogP contribution in [0.3, 0.4) is 0 Å². The van der Waals surface area contributed by atoms with Crippen molar-refractivity contribution in [2.75, 3.05) is 0 Å². The first-order chi connectivity index (χ1) is 9.34. The Bertz CT molecular complexity index is 922. The number of rotatable bonds is 0. The Morgan fingerprint density at radius 1 is 0.474 bits per heavy atom. The molecule has 0 bridgehead atoms. The molecule has 90 valence electrons. The zero-order valence-corrected chi connectivity index (χ0v) is 11.0. The fraction of sp³-hybridized carbons (Fsp3) is 0. The van der Waals surface area contributed by atoms with Crippen molar-refractivity contribution >= 4 is 43.9 Å². The molecule has 1 heteroatoms. The smallest absolute Gasteiger partial charge is 0.0484 e. The fourth-order valence-electron chi connectivity index (χ4n) is 2.82. The topological polar surface area (TPSA) is 0 Å². The molecule has 0 spiro atoms. The summed E-state index contributed by atoms with van der Waals surface area (Å²) in [7, 11) is 0. The third-order valence-electron chi connectivity index (χ3n) is 3.73. The van der Waals surface area contributed by atoms with E-state index >= 15 is 0 Å². The van der Waals surface area contributed by atoms with Crippen LogP contribution >= 0.6 is 11.6 Å². The number of hydrogen-bond donors (Lipinski definition) is 0. The number of benzene rings is 4. The van der Waals surface area contributed by atoms with E-state index in [0.29, 0.717) is 0 Å². The van der Waals surface area contributed by atoms with Crippen molar-refractivity contribution in [3.8, 4) is 0 Å². The Morgan fingerprint density at radius 3 is 2.05 bits per heavy atom. The van der Waals surface area contributed by atoms with Crippen molar-refractivity contribution in [1.82, 2.24) is 0 Å². The molecule has 0 nitrogen and oxygen atoms in total. The van der Waals surface area contributed by atoms with Crippen LogP contribution < -0.4 is 0 Å². The average Bonchev–Trinajstić information content (AvgIpc) is 2.47. The Morgan fingerprint density at radius 2 is 1.11 bits per heavy atom. The highest BCUT2D eigenvalue weighted by molar-refractivity contribution is 6.36. The van der Waals surface area contributed by atoms with Gasteiger partial charge >= 0.3 is 0 Å². The summed E-state index contributed by atoms with van der Waals surface area (Å²) >= 11 is 6.28.